The van der Waals surface area contributed by atoms with Crippen molar-refractivity contribution in [2.45, 2.75) is 25.9 Å². The Morgan fingerprint density at radius 2 is 1.67 bits per heavy atom. The summed E-state index contributed by atoms with van der Waals surface area (Å²) in [5.74, 6) is -0.205. The molecule has 0 aliphatic heterocycles. The lowest BCUT2D eigenvalue weighted by atomic mass is 10.1. The third-order valence-electron chi connectivity index (χ3n) is 6.07. The number of halogens is 3. The van der Waals surface area contributed by atoms with Crippen LogP contribution in [0.25, 0.3) is 11.0 Å². The molecule has 1 amide bonds. The molecular weight excluding hydrogens is 519 g/mol. The fraction of sp³-hybridized carbons (Fsp3) is 0.222. The van der Waals surface area contributed by atoms with Gasteiger partial charge in [-0.2, -0.15) is 0 Å². The number of Topliss-reactive ketones (excluding diaryl/α,β-unsaturated/α-hetero) is 1. The van der Waals surface area contributed by atoms with Crippen LogP contribution in [0.1, 0.15) is 22.3 Å². The van der Waals surface area contributed by atoms with Gasteiger partial charge in [0.05, 0.1) is 34.0 Å². The van der Waals surface area contributed by atoms with E-state index in [0.29, 0.717) is 52.6 Å². The molecular formula is C27H25Cl3N4O2. The van der Waals surface area contributed by atoms with Crippen molar-refractivity contribution in [2.75, 3.05) is 13.6 Å². The standard InChI is InChI=1S/C27H25Cl3N4O2/c1-32(25(36)15-18-7-3-2-4-8-18)13-6-14-33-26-21(29)9-5-10-23(26)34(27(33)31)17-24(35)20-12-11-19(28)16-22(20)30/h2-5,7-12,16,31H,6,13-15,17H2,1H3. The van der Waals surface area contributed by atoms with Crippen molar-refractivity contribution in [3.63, 3.8) is 0 Å². The highest BCUT2D eigenvalue weighted by Gasteiger charge is 2.18. The Labute approximate surface area is 224 Å². The fourth-order valence-electron chi connectivity index (χ4n) is 4.17. The summed E-state index contributed by atoms with van der Waals surface area (Å²) >= 11 is 18.7. The topological polar surface area (TPSA) is 71.1 Å². The van der Waals surface area contributed by atoms with Crippen molar-refractivity contribution in [2.24, 2.45) is 0 Å². The maximum Gasteiger partial charge on any atom is 0.226 e. The van der Waals surface area contributed by atoms with Gasteiger partial charge in [-0.15, -0.1) is 0 Å². The Balaban J connectivity index is 1.52. The predicted octanol–water partition coefficient (Wildman–Crippen LogP) is 5.86. The second-order valence-electron chi connectivity index (χ2n) is 8.55. The van der Waals surface area contributed by atoms with Gasteiger partial charge in [-0.1, -0.05) is 71.2 Å². The number of para-hydroxylation sites is 1. The van der Waals surface area contributed by atoms with E-state index in [-0.39, 0.29) is 28.9 Å². The van der Waals surface area contributed by atoms with Crippen LogP contribution in [0.2, 0.25) is 15.1 Å². The molecule has 0 spiro atoms. The van der Waals surface area contributed by atoms with Crippen LogP contribution in [0.4, 0.5) is 0 Å². The minimum Gasteiger partial charge on any atom is -0.345 e. The highest BCUT2D eigenvalue weighted by molar-refractivity contribution is 6.37. The minimum absolute atomic E-state index is 0.0307. The first kappa shape index (κ1) is 26.0. The number of amides is 1. The van der Waals surface area contributed by atoms with Crippen LogP contribution in [0.15, 0.2) is 66.7 Å². The van der Waals surface area contributed by atoms with Crippen LogP contribution in [0.5, 0.6) is 0 Å². The van der Waals surface area contributed by atoms with Crippen LogP contribution >= 0.6 is 34.8 Å². The van der Waals surface area contributed by atoms with Gasteiger partial charge in [0.1, 0.15) is 0 Å². The van der Waals surface area contributed by atoms with Gasteiger partial charge in [0.2, 0.25) is 11.5 Å². The van der Waals surface area contributed by atoms with E-state index in [1.807, 2.05) is 36.4 Å². The Morgan fingerprint density at radius 3 is 2.39 bits per heavy atom. The third-order valence-corrected chi connectivity index (χ3v) is 6.92. The molecule has 0 fully saturated rings. The highest BCUT2D eigenvalue weighted by Crippen LogP contribution is 2.25. The van der Waals surface area contributed by atoms with Crippen LogP contribution in [0.3, 0.4) is 0 Å². The van der Waals surface area contributed by atoms with Gasteiger partial charge in [0, 0.05) is 30.7 Å². The molecule has 1 aromatic heterocycles. The molecule has 0 radical (unpaired) electrons. The lowest BCUT2D eigenvalue weighted by molar-refractivity contribution is -0.129. The molecule has 0 atom stereocenters. The van der Waals surface area contributed by atoms with Crippen molar-refractivity contribution in [1.82, 2.24) is 14.0 Å². The van der Waals surface area contributed by atoms with Gasteiger partial charge in [-0.05, 0) is 42.3 Å². The molecule has 4 aromatic rings. The van der Waals surface area contributed by atoms with Gasteiger partial charge < -0.3 is 14.0 Å². The average Bonchev–Trinajstić information content (AvgIpc) is 3.11. The Morgan fingerprint density at radius 1 is 0.917 bits per heavy atom. The Bertz CT molecular complexity index is 1480. The Hall–Kier alpha value is -3.06. The van der Waals surface area contributed by atoms with E-state index in [1.165, 1.54) is 6.07 Å². The van der Waals surface area contributed by atoms with Gasteiger partial charge >= 0.3 is 0 Å². The van der Waals surface area contributed by atoms with E-state index in [4.69, 9.17) is 40.2 Å². The SMILES string of the molecule is CN(CCCn1c(=N)n(CC(=O)c2ccc(Cl)cc2Cl)c2cccc(Cl)c21)C(=O)Cc1ccccc1. The summed E-state index contributed by atoms with van der Waals surface area (Å²) < 4.78 is 3.41. The normalized spacial score (nSPS) is 11.1. The molecule has 0 aliphatic carbocycles. The lowest BCUT2D eigenvalue weighted by Gasteiger charge is -2.17. The number of nitrogens with zero attached hydrogens (tertiary/aromatic N) is 3. The summed E-state index contributed by atoms with van der Waals surface area (Å²) in [7, 11) is 1.78. The maximum atomic E-state index is 13.0. The number of imidazole rings is 1. The zero-order chi connectivity index (χ0) is 25.8. The predicted molar refractivity (Wildman–Crippen MR) is 144 cm³/mol. The van der Waals surface area contributed by atoms with E-state index < -0.39 is 0 Å². The molecule has 0 bridgehead atoms. The molecule has 0 saturated carbocycles. The molecule has 1 heterocycles. The lowest BCUT2D eigenvalue weighted by Crippen LogP contribution is -2.31. The average molecular weight is 544 g/mol. The zero-order valence-corrected chi connectivity index (χ0v) is 21.9. The van der Waals surface area contributed by atoms with Crippen LogP contribution < -0.4 is 5.62 Å². The first-order valence-corrected chi connectivity index (χ1v) is 12.6. The van der Waals surface area contributed by atoms with E-state index in [0.717, 1.165) is 5.56 Å². The highest BCUT2D eigenvalue weighted by atomic mass is 35.5. The number of fused-ring (bicyclic) bond motifs is 1. The molecule has 1 N–H and O–H groups in total. The van der Waals surface area contributed by atoms with Gasteiger partial charge in [0.15, 0.2) is 5.78 Å². The summed E-state index contributed by atoms with van der Waals surface area (Å²) in [5, 5.41) is 10.0. The van der Waals surface area contributed by atoms with Gasteiger partial charge in [-0.25, -0.2) is 0 Å². The number of nitrogens with one attached hydrogen (secondary N) is 1. The quantitative estimate of drug-likeness (QED) is 0.269. The van der Waals surface area contributed by atoms with Crippen LogP contribution in [-0.4, -0.2) is 39.3 Å². The summed E-state index contributed by atoms with van der Waals surface area (Å²) in [6, 6.07) is 19.7. The smallest absolute Gasteiger partial charge is 0.226 e. The van der Waals surface area contributed by atoms with E-state index in [9.17, 15) is 9.59 Å². The van der Waals surface area contributed by atoms with Gasteiger partial charge in [-0.3, -0.25) is 15.0 Å². The van der Waals surface area contributed by atoms with Crippen molar-refractivity contribution in [3.05, 3.63) is 98.5 Å². The molecule has 0 aliphatic rings. The number of hydrogen-bond acceptors (Lipinski definition) is 3. The molecule has 186 valence electrons. The maximum absolute atomic E-state index is 13.0. The molecule has 0 unspecified atom stereocenters. The first-order chi connectivity index (χ1) is 17.3. The number of ketones is 1. The zero-order valence-electron chi connectivity index (χ0n) is 19.7. The monoisotopic (exact) mass is 542 g/mol. The number of hydrogen-bond donors (Lipinski definition) is 1. The number of likely N-dealkylation sites (N-methyl/N-ethyl adjacent to an activating group) is 1. The van der Waals surface area contributed by atoms with E-state index in [1.54, 1.807) is 45.3 Å². The summed E-state index contributed by atoms with van der Waals surface area (Å²) in [6.07, 6.45) is 0.962. The molecule has 36 heavy (non-hydrogen) atoms. The van der Waals surface area contributed by atoms with Crippen LogP contribution in [-0.2, 0) is 24.3 Å². The van der Waals surface area contributed by atoms with Crippen molar-refractivity contribution in [3.8, 4) is 0 Å². The number of carbonyl (C=O) groups is 2. The number of aryl methyl sites for hydroxylation is 1. The number of rotatable bonds is 9. The van der Waals surface area contributed by atoms with Crippen molar-refractivity contribution < 1.29 is 9.59 Å². The van der Waals surface area contributed by atoms with Crippen LogP contribution in [0, 0.1) is 5.41 Å². The van der Waals surface area contributed by atoms with Crippen molar-refractivity contribution in [1.29, 1.82) is 5.41 Å². The fourth-order valence-corrected chi connectivity index (χ4v) is 4.96. The molecule has 3 aromatic carbocycles. The Kier molecular flexibility index (Phi) is 8.19. The molecule has 9 heteroatoms. The van der Waals surface area contributed by atoms with E-state index >= 15 is 0 Å². The molecule has 6 nitrogen and oxygen atoms in total. The number of aromatic nitrogens is 2. The summed E-state index contributed by atoms with van der Waals surface area (Å²) in [4.78, 5) is 27.3. The van der Waals surface area contributed by atoms with E-state index in [2.05, 4.69) is 0 Å². The van der Waals surface area contributed by atoms with Gasteiger partial charge in [0.25, 0.3) is 0 Å². The van der Waals surface area contributed by atoms with Crippen molar-refractivity contribution >= 4 is 57.5 Å². The second-order valence-corrected chi connectivity index (χ2v) is 9.80. The second kappa shape index (κ2) is 11.3. The summed E-state index contributed by atoms with van der Waals surface area (Å²) in [5.41, 5.74) is 2.82. The largest absolute Gasteiger partial charge is 0.345 e. The number of carbonyl (C=O) groups excluding carboxylic acids is 2. The minimum atomic E-state index is -0.236. The summed E-state index contributed by atoms with van der Waals surface area (Å²) in [6.45, 7) is 0.916. The third kappa shape index (κ3) is 5.67. The number of benzene rings is 3. The first-order valence-electron chi connectivity index (χ1n) is 11.4. The molecule has 4 rings (SSSR count). The molecule has 0 saturated heterocycles.